The number of hydrogen-bond donors (Lipinski definition) is 0. The Balaban J connectivity index is 2.02. The van der Waals surface area contributed by atoms with Crippen LogP contribution in [0.1, 0.15) is 56.4 Å². The van der Waals surface area contributed by atoms with Crippen LogP contribution < -0.4 is 0 Å². The first-order valence-electron chi connectivity index (χ1n) is 8.42. The number of thioether (sulfide) groups is 1. The molecule has 0 unspecified atom stereocenters. The zero-order valence-electron chi connectivity index (χ0n) is 13.8. The van der Waals surface area contributed by atoms with Crippen LogP contribution in [0.4, 0.5) is 0 Å². The van der Waals surface area contributed by atoms with Crippen molar-refractivity contribution < 1.29 is 0 Å². The lowest BCUT2D eigenvalue weighted by molar-refractivity contribution is 0.805. The van der Waals surface area contributed by atoms with Gasteiger partial charge in [0.15, 0.2) is 0 Å². The Morgan fingerprint density at radius 2 is 2.04 bits per heavy atom. The van der Waals surface area contributed by atoms with Crippen molar-refractivity contribution in [1.82, 2.24) is 15.0 Å². The third-order valence-electron chi connectivity index (χ3n) is 4.46. The highest BCUT2D eigenvalue weighted by atomic mass is 32.2. The topological polar surface area (TPSA) is 38.7 Å². The van der Waals surface area contributed by atoms with Gasteiger partial charge >= 0.3 is 0 Å². The third-order valence-corrected chi connectivity index (χ3v) is 6.87. The molecule has 3 aromatic heterocycles. The Labute approximate surface area is 144 Å². The molecular formula is C18H21N3S2. The lowest BCUT2D eigenvalue weighted by atomic mass is 9.99. The maximum absolute atomic E-state index is 5.05. The van der Waals surface area contributed by atoms with Crippen molar-refractivity contribution in [3.05, 3.63) is 23.1 Å². The van der Waals surface area contributed by atoms with Crippen LogP contribution in [-0.2, 0) is 12.8 Å². The highest BCUT2D eigenvalue weighted by Gasteiger charge is 2.25. The molecule has 4 rings (SSSR count). The van der Waals surface area contributed by atoms with E-state index in [9.17, 15) is 0 Å². The molecule has 0 aromatic carbocycles. The van der Waals surface area contributed by atoms with E-state index in [0.29, 0.717) is 5.92 Å². The smallest absolute Gasteiger partial charge is 0.126 e. The molecule has 3 nitrogen and oxygen atoms in total. The monoisotopic (exact) mass is 343 g/mol. The van der Waals surface area contributed by atoms with Crippen molar-refractivity contribution in [3.63, 3.8) is 0 Å². The lowest BCUT2D eigenvalue weighted by Crippen LogP contribution is -2.00. The van der Waals surface area contributed by atoms with E-state index in [1.165, 1.54) is 46.2 Å². The Morgan fingerprint density at radius 1 is 1.22 bits per heavy atom. The van der Waals surface area contributed by atoms with Crippen LogP contribution in [-0.4, -0.2) is 20.7 Å². The lowest BCUT2D eigenvalue weighted by Gasteiger charge is -2.11. The maximum Gasteiger partial charge on any atom is 0.126 e. The number of fused-ring (bicyclic) bond motifs is 5. The molecule has 0 saturated heterocycles. The van der Waals surface area contributed by atoms with Crippen molar-refractivity contribution >= 4 is 43.5 Å². The van der Waals surface area contributed by atoms with Crippen molar-refractivity contribution in [3.8, 4) is 0 Å². The van der Waals surface area contributed by atoms with E-state index in [4.69, 9.17) is 4.98 Å². The van der Waals surface area contributed by atoms with Crippen LogP contribution in [0.15, 0.2) is 11.4 Å². The van der Waals surface area contributed by atoms with Gasteiger partial charge in [0.2, 0.25) is 0 Å². The van der Waals surface area contributed by atoms with E-state index in [1.807, 2.05) is 11.8 Å². The summed E-state index contributed by atoms with van der Waals surface area (Å²) in [6.45, 7) is 6.71. The van der Waals surface area contributed by atoms with Crippen LogP contribution >= 0.6 is 23.1 Å². The van der Waals surface area contributed by atoms with Gasteiger partial charge in [-0.1, -0.05) is 20.8 Å². The van der Waals surface area contributed by atoms with E-state index >= 15 is 0 Å². The van der Waals surface area contributed by atoms with Gasteiger partial charge in [0.05, 0.1) is 10.2 Å². The van der Waals surface area contributed by atoms with Crippen molar-refractivity contribution in [2.24, 2.45) is 0 Å². The molecule has 3 aromatic rings. The number of nitrogens with zero attached hydrogens (tertiary/aromatic N) is 3. The number of thiophene rings is 1. The number of rotatable bonds is 4. The summed E-state index contributed by atoms with van der Waals surface area (Å²) >= 11 is 3.62. The minimum absolute atomic E-state index is 0.483. The first kappa shape index (κ1) is 15.3. The summed E-state index contributed by atoms with van der Waals surface area (Å²) in [5, 5.41) is 2.43. The second-order valence-electron chi connectivity index (χ2n) is 6.45. The summed E-state index contributed by atoms with van der Waals surface area (Å²) in [5.74, 6) is 1.58. The number of aryl methyl sites for hydroxylation is 1. The van der Waals surface area contributed by atoms with Gasteiger partial charge in [-0.15, -0.1) is 23.1 Å². The molecule has 0 bridgehead atoms. The minimum atomic E-state index is 0.483. The van der Waals surface area contributed by atoms with Gasteiger partial charge < -0.3 is 0 Å². The standard InChI is InChI=1S/C18H21N3S2/c1-4-8-22-18-16-15(19-9-20-18)13-11-6-5-7-12(11)14(10(2)3)21-17(13)23-16/h9-10H,4-8H2,1-3H3. The van der Waals surface area contributed by atoms with E-state index < -0.39 is 0 Å². The molecule has 0 spiro atoms. The van der Waals surface area contributed by atoms with E-state index in [2.05, 4.69) is 30.7 Å². The van der Waals surface area contributed by atoms with E-state index in [0.717, 1.165) is 27.5 Å². The van der Waals surface area contributed by atoms with Crippen LogP contribution in [0.3, 0.4) is 0 Å². The highest BCUT2D eigenvalue weighted by molar-refractivity contribution is 7.99. The van der Waals surface area contributed by atoms with Gasteiger partial charge in [-0.2, -0.15) is 0 Å². The first-order valence-corrected chi connectivity index (χ1v) is 10.2. The molecule has 0 N–H and O–H groups in total. The van der Waals surface area contributed by atoms with Gasteiger partial charge in [0.1, 0.15) is 16.2 Å². The second-order valence-corrected chi connectivity index (χ2v) is 8.53. The molecular weight excluding hydrogens is 322 g/mol. The minimum Gasteiger partial charge on any atom is -0.241 e. The predicted molar refractivity (Wildman–Crippen MR) is 99.8 cm³/mol. The van der Waals surface area contributed by atoms with Gasteiger partial charge in [0.25, 0.3) is 0 Å². The summed E-state index contributed by atoms with van der Waals surface area (Å²) in [6, 6.07) is 0. The average Bonchev–Trinajstić information content (AvgIpc) is 3.15. The molecule has 1 aliphatic carbocycles. The second kappa shape index (κ2) is 6.02. The van der Waals surface area contributed by atoms with Crippen LogP contribution in [0, 0.1) is 0 Å². The quantitative estimate of drug-likeness (QED) is 0.472. The van der Waals surface area contributed by atoms with Crippen molar-refractivity contribution in [2.75, 3.05) is 5.75 Å². The Morgan fingerprint density at radius 3 is 2.83 bits per heavy atom. The van der Waals surface area contributed by atoms with Crippen molar-refractivity contribution in [2.45, 2.75) is 57.4 Å². The summed E-state index contributed by atoms with van der Waals surface area (Å²) in [7, 11) is 0. The average molecular weight is 344 g/mol. The van der Waals surface area contributed by atoms with Crippen molar-refractivity contribution in [1.29, 1.82) is 0 Å². The molecule has 0 radical (unpaired) electrons. The fourth-order valence-electron chi connectivity index (χ4n) is 3.49. The molecule has 0 aliphatic heterocycles. The van der Waals surface area contributed by atoms with Gasteiger partial charge in [-0.25, -0.2) is 15.0 Å². The first-order chi connectivity index (χ1) is 11.2. The summed E-state index contributed by atoms with van der Waals surface area (Å²) in [6.07, 6.45) is 6.47. The SMILES string of the molecule is CCCSc1ncnc2c1sc1nc(C(C)C)c3c(c12)CCC3. The molecule has 5 heteroatoms. The molecule has 23 heavy (non-hydrogen) atoms. The third kappa shape index (κ3) is 2.45. The maximum atomic E-state index is 5.05. The molecule has 0 atom stereocenters. The summed E-state index contributed by atoms with van der Waals surface area (Å²) in [4.78, 5) is 15.4. The Bertz CT molecular complexity index is 883. The molecule has 120 valence electrons. The number of pyridine rings is 1. The number of hydrogen-bond acceptors (Lipinski definition) is 5. The van der Waals surface area contributed by atoms with E-state index in [-0.39, 0.29) is 0 Å². The van der Waals surface area contributed by atoms with Crippen LogP contribution in [0.25, 0.3) is 20.4 Å². The van der Waals surface area contributed by atoms with Crippen LogP contribution in [0.2, 0.25) is 0 Å². The van der Waals surface area contributed by atoms with E-state index in [1.54, 1.807) is 17.7 Å². The molecule has 0 amide bonds. The van der Waals surface area contributed by atoms with Gasteiger partial charge in [-0.05, 0) is 48.5 Å². The van der Waals surface area contributed by atoms with Crippen LogP contribution in [0.5, 0.6) is 0 Å². The van der Waals surface area contributed by atoms with Gasteiger partial charge in [0, 0.05) is 11.1 Å². The fourth-order valence-corrected chi connectivity index (χ4v) is 5.59. The highest BCUT2D eigenvalue weighted by Crippen LogP contribution is 2.42. The molecule has 0 fully saturated rings. The molecule has 1 aliphatic rings. The summed E-state index contributed by atoms with van der Waals surface area (Å²) < 4.78 is 1.23. The Hall–Kier alpha value is -1.20. The largest absolute Gasteiger partial charge is 0.241 e. The summed E-state index contributed by atoms with van der Waals surface area (Å²) in [5.41, 5.74) is 5.43. The number of aromatic nitrogens is 3. The zero-order chi connectivity index (χ0) is 16.0. The normalized spacial score (nSPS) is 14.3. The fraction of sp³-hybridized carbons (Fsp3) is 0.500. The molecule has 3 heterocycles. The predicted octanol–water partition coefficient (Wildman–Crippen LogP) is 5.35. The molecule has 0 saturated carbocycles. The van der Waals surface area contributed by atoms with Gasteiger partial charge in [-0.3, -0.25) is 0 Å². The zero-order valence-corrected chi connectivity index (χ0v) is 15.5. The Kier molecular flexibility index (Phi) is 4.01.